The fraction of sp³-hybridized carbons (Fsp3) is 0.267. The van der Waals surface area contributed by atoms with Gasteiger partial charge in [-0.05, 0) is 19.1 Å². The Morgan fingerprint density at radius 1 is 1.32 bits per heavy atom. The maximum Gasteiger partial charge on any atom is 0.261 e. The van der Waals surface area contributed by atoms with Crippen molar-refractivity contribution < 1.29 is 14.3 Å². The standard InChI is InChI=1S/C15H17N3O3S/c1-10-8-16-15(22-10)17-14(20)11-6-4-5-7-12(11)21-9-13(19)18(2)3/h4-8H,9H2,1-3H3,(H,16,17,20). The third kappa shape index (κ3) is 4.05. The molecule has 1 N–H and O–H groups in total. The Hall–Kier alpha value is -2.41. The van der Waals surface area contributed by atoms with Gasteiger partial charge in [0.05, 0.1) is 5.56 Å². The number of aromatic nitrogens is 1. The zero-order chi connectivity index (χ0) is 16.1. The van der Waals surface area contributed by atoms with Gasteiger partial charge >= 0.3 is 0 Å². The number of likely N-dealkylation sites (N-methyl/N-ethyl adjacent to an activating group) is 1. The number of thiazole rings is 1. The van der Waals surface area contributed by atoms with E-state index in [0.29, 0.717) is 16.4 Å². The van der Waals surface area contributed by atoms with Crippen LogP contribution in [0.25, 0.3) is 0 Å². The number of carbonyl (C=O) groups excluding carboxylic acids is 2. The molecule has 2 aromatic rings. The number of ether oxygens (including phenoxy) is 1. The molecule has 7 heteroatoms. The first-order valence-corrected chi connectivity index (χ1v) is 7.45. The second-order valence-electron chi connectivity index (χ2n) is 4.80. The SMILES string of the molecule is Cc1cnc(NC(=O)c2ccccc2OCC(=O)N(C)C)s1. The lowest BCUT2D eigenvalue weighted by Gasteiger charge is -2.13. The number of nitrogens with one attached hydrogen (secondary N) is 1. The number of benzene rings is 1. The second-order valence-corrected chi connectivity index (χ2v) is 6.04. The molecular formula is C15H17N3O3S. The maximum atomic E-state index is 12.3. The number of hydrogen-bond acceptors (Lipinski definition) is 5. The van der Waals surface area contributed by atoms with Crippen molar-refractivity contribution in [2.24, 2.45) is 0 Å². The van der Waals surface area contributed by atoms with Crippen LogP contribution >= 0.6 is 11.3 Å². The Kier molecular flexibility index (Phi) is 5.11. The molecule has 0 fully saturated rings. The van der Waals surface area contributed by atoms with Gasteiger partial charge in [-0.25, -0.2) is 4.98 Å². The summed E-state index contributed by atoms with van der Waals surface area (Å²) < 4.78 is 5.46. The van der Waals surface area contributed by atoms with E-state index >= 15 is 0 Å². The molecule has 0 aliphatic rings. The van der Waals surface area contributed by atoms with Crippen LogP contribution in [0.1, 0.15) is 15.2 Å². The normalized spacial score (nSPS) is 10.1. The van der Waals surface area contributed by atoms with E-state index < -0.39 is 0 Å². The van der Waals surface area contributed by atoms with Crippen molar-refractivity contribution in [3.8, 4) is 5.75 Å². The molecule has 2 rings (SSSR count). The molecule has 0 spiro atoms. The minimum Gasteiger partial charge on any atom is -0.483 e. The van der Waals surface area contributed by atoms with E-state index in [1.54, 1.807) is 44.6 Å². The smallest absolute Gasteiger partial charge is 0.261 e. The summed E-state index contributed by atoms with van der Waals surface area (Å²) in [4.78, 5) is 30.4. The van der Waals surface area contributed by atoms with Gasteiger partial charge in [0.1, 0.15) is 5.75 Å². The molecule has 0 atom stereocenters. The lowest BCUT2D eigenvalue weighted by molar-refractivity contribution is -0.130. The highest BCUT2D eigenvalue weighted by Gasteiger charge is 2.15. The van der Waals surface area contributed by atoms with Crippen molar-refractivity contribution in [2.75, 3.05) is 26.0 Å². The van der Waals surface area contributed by atoms with Crippen LogP contribution in [-0.4, -0.2) is 42.4 Å². The van der Waals surface area contributed by atoms with E-state index in [1.807, 2.05) is 6.92 Å². The van der Waals surface area contributed by atoms with Crippen LogP contribution in [0.4, 0.5) is 5.13 Å². The molecule has 1 heterocycles. The molecule has 2 amide bonds. The number of amides is 2. The highest BCUT2D eigenvalue weighted by Crippen LogP contribution is 2.22. The summed E-state index contributed by atoms with van der Waals surface area (Å²) in [6.07, 6.45) is 1.69. The molecule has 0 aliphatic heterocycles. The number of aryl methyl sites for hydroxylation is 1. The summed E-state index contributed by atoms with van der Waals surface area (Å²) in [6, 6.07) is 6.79. The number of para-hydroxylation sites is 1. The first kappa shape index (κ1) is 16.0. The van der Waals surface area contributed by atoms with E-state index in [0.717, 1.165) is 4.88 Å². The number of carbonyl (C=O) groups is 2. The summed E-state index contributed by atoms with van der Waals surface area (Å²) >= 11 is 1.39. The number of hydrogen-bond donors (Lipinski definition) is 1. The maximum absolute atomic E-state index is 12.3. The van der Waals surface area contributed by atoms with Crippen LogP contribution in [0.5, 0.6) is 5.75 Å². The zero-order valence-corrected chi connectivity index (χ0v) is 13.4. The first-order valence-electron chi connectivity index (χ1n) is 6.63. The quantitative estimate of drug-likeness (QED) is 0.917. The van der Waals surface area contributed by atoms with E-state index in [4.69, 9.17) is 4.74 Å². The molecule has 0 unspecified atom stereocenters. The number of nitrogens with zero attached hydrogens (tertiary/aromatic N) is 2. The summed E-state index contributed by atoms with van der Waals surface area (Å²) in [5, 5.41) is 3.25. The minimum absolute atomic E-state index is 0.117. The van der Waals surface area contributed by atoms with Gasteiger partial charge in [0, 0.05) is 25.2 Å². The van der Waals surface area contributed by atoms with Gasteiger partial charge in [0.15, 0.2) is 11.7 Å². The lowest BCUT2D eigenvalue weighted by atomic mass is 10.2. The molecule has 0 radical (unpaired) electrons. The monoisotopic (exact) mass is 319 g/mol. The van der Waals surface area contributed by atoms with Gasteiger partial charge in [-0.1, -0.05) is 12.1 Å². The summed E-state index contributed by atoms with van der Waals surface area (Å²) in [6.45, 7) is 1.80. The van der Waals surface area contributed by atoms with E-state index in [9.17, 15) is 9.59 Å². The molecule has 0 aliphatic carbocycles. The van der Waals surface area contributed by atoms with Gasteiger partial charge < -0.3 is 9.64 Å². The van der Waals surface area contributed by atoms with Crippen LogP contribution in [-0.2, 0) is 4.79 Å². The van der Waals surface area contributed by atoms with Crippen molar-refractivity contribution >= 4 is 28.3 Å². The predicted octanol–water partition coefficient (Wildman–Crippen LogP) is 2.17. The molecule has 116 valence electrons. The predicted molar refractivity (Wildman–Crippen MR) is 85.4 cm³/mol. The van der Waals surface area contributed by atoms with E-state index in [-0.39, 0.29) is 18.4 Å². The summed E-state index contributed by atoms with van der Waals surface area (Å²) in [5.74, 6) is -0.128. The average Bonchev–Trinajstić information content (AvgIpc) is 2.90. The molecule has 1 aromatic carbocycles. The lowest BCUT2D eigenvalue weighted by Crippen LogP contribution is -2.28. The van der Waals surface area contributed by atoms with Crippen LogP contribution in [0.2, 0.25) is 0 Å². The van der Waals surface area contributed by atoms with Crippen molar-refractivity contribution in [1.82, 2.24) is 9.88 Å². The molecule has 1 aromatic heterocycles. The van der Waals surface area contributed by atoms with Crippen molar-refractivity contribution in [2.45, 2.75) is 6.92 Å². The molecule has 0 saturated heterocycles. The van der Waals surface area contributed by atoms with Crippen molar-refractivity contribution in [3.05, 3.63) is 40.9 Å². The van der Waals surface area contributed by atoms with Crippen LogP contribution in [0.3, 0.4) is 0 Å². The summed E-state index contributed by atoms with van der Waals surface area (Å²) in [7, 11) is 3.30. The Bertz CT molecular complexity index is 682. The molecule has 0 bridgehead atoms. The Morgan fingerprint density at radius 2 is 2.05 bits per heavy atom. The molecular weight excluding hydrogens is 302 g/mol. The van der Waals surface area contributed by atoms with Gasteiger partial charge in [0.25, 0.3) is 11.8 Å². The number of rotatable bonds is 5. The average molecular weight is 319 g/mol. The van der Waals surface area contributed by atoms with E-state index in [2.05, 4.69) is 10.3 Å². The largest absolute Gasteiger partial charge is 0.483 e. The van der Waals surface area contributed by atoms with Gasteiger partial charge in [-0.2, -0.15) is 0 Å². The van der Waals surface area contributed by atoms with Crippen molar-refractivity contribution in [3.63, 3.8) is 0 Å². The Balaban J connectivity index is 2.10. The van der Waals surface area contributed by atoms with Gasteiger partial charge in [-0.3, -0.25) is 14.9 Å². The minimum atomic E-state index is -0.317. The zero-order valence-electron chi connectivity index (χ0n) is 12.6. The molecule has 22 heavy (non-hydrogen) atoms. The Morgan fingerprint density at radius 3 is 2.68 bits per heavy atom. The summed E-state index contributed by atoms with van der Waals surface area (Å²) in [5.41, 5.74) is 0.363. The topological polar surface area (TPSA) is 71.5 Å². The third-order valence-corrected chi connectivity index (χ3v) is 3.65. The first-order chi connectivity index (χ1) is 10.5. The highest BCUT2D eigenvalue weighted by molar-refractivity contribution is 7.15. The fourth-order valence-electron chi connectivity index (χ4n) is 1.63. The second kappa shape index (κ2) is 7.04. The third-order valence-electron chi connectivity index (χ3n) is 2.82. The van der Waals surface area contributed by atoms with Crippen LogP contribution in [0.15, 0.2) is 30.5 Å². The highest BCUT2D eigenvalue weighted by atomic mass is 32.1. The van der Waals surface area contributed by atoms with Crippen molar-refractivity contribution in [1.29, 1.82) is 0 Å². The van der Waals surface area contributed by atoms with Crippen LogP contribution < -0.4 is 10.1 Å². The van der Waals surface area contributed by atoms with Gasteiger partial charge in [-0.15, -0.1) is 11.3 Å². The number of anilines is 1. The Labute approximate surface area is 132 Å². The fourth-order valence-corrected chi connectivity index (χ4v) is 2.29. The van der Waals surface area contributed by atoms with E-state index in [1.165, 1.54) is 16.2 Å². The van der Waals surface area contributed by atoms with Gasteiger partial charge in [0.2, 0.25) is 0 Å². The molecule has 6 nitrogen and oxygen atoms in total. The van der Waals surface area contributed by atoms with Crippen LogP contribution in [0, 0.1) is 6.92 Å². The molecule has 0 saturated carbocycles.